The summed E-state index contributed by atoms with van der Waals surface area (Å²) in [5.41, 5.74) is 6.88. The molecule has 0 bridgehead atoms. The van der Waals surface area contributed by atoms with Crippen LogP contribution in [0.1, 0.15) is 31.9 Å². The van der Waals surface area contributed by atoms with Gasteiger partial charge in [0.2, 0.25) is 0 Å². The van der Waals surface area contributed by atoms with Crippen LogP contribution in [-0.4, -0.2) is 33.6 Å². The van der Waals surface area contributed by atoms with Crippen LogP contribution >= 0.6 is 0 Å². The standard InChI is InChI=1S/C22H27NO5/c1-22(2,3)28-21(27)18(12-14-4-8-16(24)9-5-14)20(26)19(23)13-15-6-10-17(25)11-7-15/h4-11,18-19,24-25H,12-13,23H2,1-3H3/t18-,19+/m1/s1. The Balaban J connectivity index is 2.20. The van der Waals surface area contributed by atoms with Crippen molar-refractivity contribution in [2.24, 2.45) is 11.7 Å². The van der Waals surface area contributed by atoms with E-state index in [2.05, 4.69) is 0 Å². The quantitative estimate of drug-likeness (QED) is 0.499. The molecule has 0 unspecified atom stereocenters. The van der Waals surface area contributed by atoms with Crippen molar-refractivity contribution in [2.45, 2.75) is 45.3 Å². The molecular formula is C22H27NO5. The van der Waals surface area contributed by atoms with E-state index >= 15 is 0 Å². The molecule has 0 aliphatic carbocycles. The lowest BCUT2D eigenvalue weighted by molar-refractivity contribution is -0.162. The first-order chi connectivity index (χ1) is 13.0. The maximum atomic E-state index is 13.0. The van der Waals surface area contributed by atoms with Gasteiger partial charge in [0.05, 0.1) is 6.04 Å². The third kappa shape index (κ3) is 6.39. The Labute approximate surface area is 165 Å². The van der Waals surface area contributed by atoms with Crippen molar-refractivity contribution in [1.82, 2.24) is 0 Å². The highest BCUT2D eigenvalue weighted by atomic mass is 16.6. The first kappa shape index (κ1) is 21.4. The minimum Gasteiger partial charge on any atom is -0.508 e. The van der Waals surface area contributed by atoms with Crippen LogP contribution in [0.25, 0.3) is 0 Å². The zero-order valence-corrected chi connectivity index (χ0v) is 16.4. The molecule has 0 heterocycles. The summed E-state index contributed by atoms with van der Waals surface area (Å²) >= 11 is 0. The number of hydrogen-bond acceptors (Lipinski definition) is 6. The van der Waals surface area contributed by atoms with Crippen molar-refractivity contribution in [3.63, 3.8) is 0 Å². The summed E-state index contributed by atoms with van der Waals surface area (Å²) in [6.07, 6.45) is 0.380. The van der Waals surface area contributed by atoms with E-state index in [1.54, 1.807) is 45.0 Å². The second kappa shape index (κ2) is 8.89. The van der Waals surface area contributed by atoms with E-state index in [0.717, 1.165) is 11.1 Å². The molecule has 2 atom stereocenters. The van der Waals surface area contributed by atoms with Crippen molar-refractivity contribution < 1.29 is 24.5 Å². The van der Waals surface area contributed by atoms with E-state index in [9.17, 15) is 19.8 Å². The molecule has 0 aliphatic rings. The smallest absolute Gasteiger partial charge is 0.317 e. The number of Topliss-reactive ketones (excluding diaryl/α,β-unsaturated/α-hetero) is 1. The van der Waals surface area contributed by atoms with E-state index in [1.165, 1.54) is 24.3 Å². The van der Waals surface area contributed by atoms with Gasteiger partial charge >= 0.3 is 5.97 Å². The van der Waals surface area contributed by atoms with Gasteiger partial charge in [-0.1, -0.05) is 24.3 Å². The highest BCUT2D eigenvalue weighted by molar-refractivity contribution is 6.02. The third-order valence-corrected chi connectivity index (χ3v) is 4.17. The second-order valence-electron chi connectivity index (χ2n) is 7.84. The lowest BCUT2D eigenvalue weighted by atomic mass is 9.89. The number of esters is 1. The molecule has 0 aromatic heterocycles. The van der Waals surface area contributed by atoms with E-state index in [1.807, 2.05) is 0 Å². The van der Waals surface area contributed by atoms with Crippen LogP contribution in [0.3, 0.4) is 0 Å². The fourth-order valence-corrected chi connectivity index (χ4v) is 2.79. The van der Waals surface area contributed by atoms with E-state index in [-0.39, 0.29) is 24.3 Å². The number of nitrogens with two attached hydrogens (primary N) is 1. The molecule has 2 aromatic rings. The zero-order chi connectivity index (χ0) is 20.9. The van der Waals surface area contributed by atoms with Crippen LogP contribution in [0, 0.1) is 5.92 Å². The highest BCUT2D eigenvalue weighted by Crippen LogP contribution is 2.20. The first-order valence-corrected chi connectivity index (χ1v) is 9.13. The number of hydrogen-bond donors (Lipinski definition) is 3. The molecule has 0 fully saturated rings. The summed E-state index contributed by atoms with van der Waals surface area (Å²) in [6, 6.07) is 11.8. The lowest BCUT2D eigenvalue weighted by Crippen LogP contribution is -2.43. The summed E-state index contributed by atoms with van der Waals surface area (Å²) in [7, 11) is 0. The zero-order valence-electron chi connectivity index (χ0n) is 16.4. The number of ether oxygens (including phenoxy) is 1. The molecule has 0 aliphatic heterocycles. The molecule has 6 nitrogen and oxygen atoms in total. The summed E-state index contributed by atoms with van der Waals surface area (Å²) in [5, 5.41) is 18.8. The average Bonchev–Trinajstić information content (AvgIpc) is 2.61. The van der Waals surface area contributed by atoms with Crippen LogP contribution in [0.15, 0.2) is 48.5 Å². The Morgan fingerprint density at radius 1 is 0.893 bits per heavy atom. The number of aromatic hydroxyl groups is 2. The molecule has 0 spiro atoms. The van der Waals surface area contributed by atoms with Gasteiger partial charge in [0.25, 0.3) is 0 Å². The van der Waals surface area contributed by atoms with Gasteiger partial charge in [-0.3, -0.25) is 9.59 Å². The van der Waals surface area contributed by atoms with Crippen LogP contribution in [-0.2, 0) is 27.2 Å². The predicted molar refractivity (Wildman–Crippen MR) is 106 cm³/mol. The minimum atomic E-state index is -1.05. The molecular weight excluding hydrogens is 358 g/mol. The molecule has 0 radical (unpaired) electrons. The summed E-state index contributed by atoms with van der Waals surface area (Å²) in [5.74, 6) is -1.84. The van der Waals surface area contributed by atoms with Crippen molar-refractivity contribution in [3.8, 4) is 11.5 Å². The molecule has 0 amide bonds. The van der Waals surface area contributed by atoms with E-state index < -0.39 is 29.3 Å². The molecule has 2 aromatic carbocycles. The molecule has 2 rings (SSSR count). The van der Waals surface area contributed by atoms with Crippen LogP contribution in [0.2, 0.25) is 0 Å². The number of phenols is 2. The fraction of sp³-hybridized carbons (Fsp3) is 0.364. The van der Waals surface area contributed by atoms with Crippen LogP contribution in [0.5, 0.6) is 11.5 Å². The maximum Gasteiger partial charge on any atom is 0.317 e. The predicted octanol–water partition coefficient (Wildman–Crippen LogP) is 2.74. The van der Waals surface area contributed by atoms with Gasteiger partial charge in [0.15, 0.2) is 5.78 Å². The Hall–Kier alpha value is -2.86. The van der Waals surface area contributed by atoms with Gasteiger partial charge in [0.1, 0.15) is 23.0 Å². The topological polar surface area (TPSA) is 110 Å². The number of rotatable bonds is 7. The molecule has 28 heavy (non-hydrogen) atoms. The number of carbonyl (C=O) groups is 2. The SMILES string of the molecule is CC(C)(C)OC(=O)[C@H](Cc1ccc(O)cc1)C(=O)[C@@H](N)Cc1ccc(O)cc1. The van der Waals surface area contributed by atoms with Crippen molar-refractivity contribution in [1.29, 1.82) is 0 Å². The first-order valence-electron chi connectivity index (χ1n) is 9.13. The van der Waals surface area contributed by atoms with Crippen LogP contribution < -0.4 is 5.73 Å². The van der Waals surface area contributed by atoms with Crippen molar-refractivity contribution in [2.75, 3.05) is 0 Å². The summed E-state index contributed by atoms with van der Waals surface area (Å²) < 4.78 is 5.44. The largest absolute Gasteiger partial charge is 0.508 e. The minimum absolute atomic E-state index is 0.105. The number of carbonyl (C=O) groups excluding carboxylic acids is 2. The molecule has 0 saturated heterocycles. The average molecular weight is 385 g/mol. The Kier molecular flexibility index (Phi) is 6.80. The van der Waals surface area contributed by atoms with E-state index in [4.69, 9.17) is 10.5 Å². The monoisotopic (exact) mass is 385 g/mol. The maximum absolute atomic E-state index is 13.0. The number of benzene rings is 2. The Bertz CT molecular complexity index is 806. The summed E-state index contributed by atoms with van der Waals surface area (Å²) in [6.45, 7) is 5.22. The van der Waals surface area contributed by atoms with E-state index in [0.29, 0.717) is 0 Å². The van der Waals surface area contributed by atoms with Crippen molar-refractivity contribution in [3.05, 3.63) is 59.7 Å². The number of phenolic OH excluding ortho intramolecular Hbond substituents is 2. The Morgan fingerprint density at radius 3 is 1.75 bits per heavy atom. The highest BCUT2D eigenvalue weighted by Gasteiger charge is 2.34. The lowest BCUT2D eigenvalue weighted by Gasteiger charge is -2.25. The number of ketones is 1. The molecule has 4 N–H and O–H groups in total. The summed E-state index contributed by atoms with van der Waals surface area (Å²) in [4.78, 5) is 25.7. The van der Waals surface area contributed by atoms with Gasteiger partial charge in [-0.05, 0) is 69.0 Å². The normalized spacial score (nSPS) is 13.6. The molecule has 6 heteroatoms. The molecule has 0 saturated carbocycles. The van der Waals surface area contributed by atoms with Gasteiger partial charge in [-0.15, -0.1) is 0 Å². The van der Waals surface area contributed by atoms with Gasteiger partial charge < -0.3 is 20.7 Å². The second-order valence-corrected chi connectivity index (χ2v) is 7.84. The van der Waals surface area contributed by atoms with Gasteiger partial charge in [0, 0.05) is 0 Å². The molecule has 150 valence electrons. The van der Waals surface area contributed by atoms with Crippen LogP contribution in [0.4, 0.5) is 0 Å². The van der Waals surface area contributed by atoms with Gasteiger partial charge in [-0.2, -0.15) is 0 Å². The third-order valence-electron chi connectivity index (χ3n) is 4.17. The fourth-order valence-electron chi connectivity index (χ4n) is 2.79. The Morgan fingerprint density at radius 2 is 1.32 bits per heavy atom. The van der Waals surface area contributed by atoms with Crippen molar-refractivity contribution >= 4 is 11.8 Å². The van der Waals surface area contributed by atoms with Gasteiger partial charge in [-0.25, -0.2) is 0 Å².